The number of ether oxygens (including phenoxy) is 2. The summed E-state index contributed by atoms with van der Waals surface area (Å²) in [6.45, 7) is 7.15. The number of carbonyl (C=O) groups excluding carboxylic acids is 2. The first-order valence-electron chi connectivity index (χ1n) is 6.91. The third-order valence-electron chi connectivity index (χ3n) is 2.86. The van der Waals surface area contributed by atoms with Gasteiger partial charge in [0, 0.05) is 0 Å². The Kier molecular flexibility index (Phi) is 10.4. The number of unbranched alkanes of at least 4 members (excludes halogenated alkanes) is 1. The fourth-order valence-electron chi connectivity index (χ4n) is 1.26. The molecule has 1 unspecified atom stereocenters. The zero-order chi connectivity index (χ0) is 13.8. The van der Waals surface area contributed by atoms with Gasteiger partial charge in [-0.2, -0.15) is 0 Å². The molecule has 0 amide bonds. The predicted molar refractivity (Wildman–Crippen MR) is 70.1 cm³/mol. The number of hydrogen-bond acceptors (Lipinski definition) is 4. The van der Waals surface area contributed by atoms with Crippen molar-refractivity contribution in [1.82, 2.24) is 0 Å². The molecule has 0 N–H and O–H groups in total. The first-order chi connectivity index (χ1) is 8.60. The average Bonchev–Trinajstić information content (AvgIpc) is 2.36. The van der Waals surface area contributed by atoms with Gasteiger partial charge in [0.25, 0.3) is 0 Å². The maximum Gasteiger partial charge on any atom is 0.306 e. The first kappa shape index (κ1) is 16.9. The highest BCUT2D eigenvalue weighted by Crippen LogP contribution is 2.06. The van der Waals surface area contributed by atoms with E-state index in [0.717, 1.165) is 25.7 Å². The van der Waals surface area contributed by atoms with Crippen molar-refractivity contribution in [2.75, 3.05) is 13.2 Å². The van der Waals surface area contributed by atoms with Crippen molar-refractivity contribution in [3.05, 3.63) is 0 Å². The van der Waals surface area contributed by atoms with Crippen molar-refractivity contribution in [3.8, 4) is 0 Å². The van der Waals surface area contributed by atoms with E-state index in [0.29, 0.717) is 19.1 Å². The zero-order valence-electron chi connectivity index (χ0n) is 11.9. The lowest BCUT2D eigenvalue weighted by Crippen LogP contribution is -2.12. The molecule has 0 saturated heterocycles. The van der Waals surface area contributed by atoms with E-state index < -0.39 is 0 Å². The molecule has 0 bridgehead atoms. The summed E-state index contributed by atoms with van der Waals surface area (Å²) in [6.07, 6.45) is 4.05. The van der Waals surface area contributed by atoms with Crippen LogP contribution < -0.4 is 0 Å². The summed E-state index contributed by atoms with van der Waals surface area (Å²) in [5.74, 6) is -0.0649. The van der Waals surface area contributed by atoms with Crippen LogP contribution in [0.4, 0.5) is 0 Å². The molecule has 0 aromatic rings. The third-order valence-corrected chi connectivity index (χ3v) is 2.86. The highest BCUT2D eigenvalue weighted by molar-refractivity contribution is 5.77. The van der Waals surface area contributed by atoms with E-state index >= 15 is 0 Å². The van der Waals surface area contributed by atoms with Crippen LogP contribution in [0.5, 0.6) is 0 Å². The summed E-state index contributed by atoms with van der Waals surface area (Å²) in [5, 5.41) is 0. The van der Waals surface area contributed by atoms with Crippen LogP contribution in [0.1, 0.15) is 59.3 Å². The summed E-state index contributed by atoms with van der Waals surface area (Å²) in [6, 6.07) is 0. The quantitative estimate of drug-likeness (QED) is 0.446. The molecule has 0 fully saturated rings. The van der Waals surface area contributed by atoms with Crippen molar-refractivity contribution in [1.29, 1.82) is 0 Å². The number of hydrogen-bond donors (Lipinski definition) is 0. The molecule has 0 aliphatic rings. The van der Waals surface area contributed by atoms with Crippen molar-refractivity contribution < 1.29 is 19.1 Å². The topological polar surface area (TPSA) is 52.6 Å². The van der Waals surface area contributed by atoms with Gasteiger partial charge in [-0.25, -0.2) is 0 Å². The number of rotatable bonds is 10. The minimum Gasteiger partial charge on any atom is -0.466 e. The molecular weight excluding hydrogens is 232 g/mol. The van der Waals surface area contributed by atoms with Crippen LogP contribution in [0.2, 0.25) is 0 Å². The van der Waals surface area contributed by atoms with Gasteiger partial charge in [-0.05, 0) is 18.8 Å². The van der Waals surface area contributed by atoms with Gasteiger partial charge >= 0.3 is 11.9 Å². The lowest BCUT2D eigenvalue weighted by molar-refractivity contribution is -0.150. The lowest BCUT2D eigenvalue weighted by Gasteiger charge is -2.08. The molecule has 4 heteroatoms. The van der Waals surface area contributed by atoms with Crippen molar-refractivity contribution in [2.24, 2.45) is 5.92 Å². The van der Waals surface area contributed by atoms with Crippen LogP contribution in [-0.2, 0) is 19.1 Å². The zero-order valence-corrected chi connectivity index (χ0v) is 11.9. The molecule has 4 nitrogen and oxygen atoms in total. The largest absolute Gasteiger partial charge is 0.466 e. The maximum atomic E-state index is 11.3. The van der Waals surface area contributed by atoms with Gasteiger partial charge in [0.1, 0.15) is 0 Å². The normalized spacial score (nSPS) is 11.9. The van der Waals surface area contributed by atoms with Crippen molar-refractivity contribution >= 4 is 11.9 Å². The van der Waals surface area contributed by atoms with Crippen LogP contribution in [0, 0.1) is 5.92 Å². The molecule has 0 rings (SSSR count). The Bertz CT molecular complexity index is 238. The Morgan fingerprint density at radius 3 is 2.06 bits per heavy atom. The molecule has 0 heterocycles. The second-order valence-corrected chi connectivity index (χ2v) is 4.60. The molecule has 0 aliphatic heterocycles. The van der Waals surface area contributed by atoms with E-state index in [-0.39, 0.29) is 24.8 Å². The monoisotopic (exact) mass is 258 g/mol. The van der Waals surface area contributed by atoms with Gasteiger partial charge in [0.15, 0.2) is 0 Å². The maximum absolute atomic E-state index is 11.3. The van der Waals surface area contributed by atoms with Crippen LogP contribution in [-0.4, -0.2) is 25.2 Å². The van der Waals surface area contributed by atoms with E-state index in [1.807, 2.05) is 6.92 Å². The van der Waals surface area contributed by atoms with E-state index in [1.165, 1.54) is 0 Å². The Morgan fingerprint density at radius 1 is 1.00 bits per heavy atom. The Labute approximate surface area is 110 Å². The van der Waals surface area contributed by atoms with Crippen LogP contribution in [0.3, 0.4) is 0 Å². The summed E-state index contributed by atoms with van der Waals surface area (Å²) < 4.78 is 9.99. The second-order valence-electron chi connectivity index (χ2n) is 4.60. The molecule has 0 aromatic heterocycles. The molecule has 18 heavy (non-hydrogen) atoms. The highest BCUT2D eigenvalue weighted by atomic mass is 16.5. The van der Waals surface area contributed by atoms with Crippen LogP contribution >= 0.6 is 0 Å². The molecule has 0 radical (unpaired) electrons. The Morgan fingerprint density at radius 2 is 1.56 bits per heavy atom. The second kappa shape index (κ2) is 11.1. The van der Waals surface area contributed by atoms with Crippen molar-refractivity contribution in [3.63, 3.8) is 0 Å². The van der Waals surface area contributed by atoms with E-state index in [2.05, 4.69) is 13.8 Å². The Hall–Kier alpha value is -1.06. The van der Waals surface area contributed by atoms with Crippen molar-refractivity contribution in [2.45, 2.75) is 59.3 Å². The SMILES string of the molecule is CCCCOC(=O)CCC(=O)OCCC(C)CC. The minimum atomic E-state index is -0.317. The van der Waals surface area contributed by atoms with Gasteiger partial charge in [-0.3, -0.25) is 9.59 Å². The summed E-state index contributed by atoms with van der Waals surface area (Å²) in [4.78, 5) is 22.5. The van der Waals surface area contributed by atoms with Gasteiger partial charge in [-0.1, -0.05) is 33.6 Å². The predicted octanol–water partition coefficient (Wildman–Crippen LogP) is 3.09. The highest BCUT2D eigenvalue weighted by Gasteiger charge is 2.09. The fourth-order valence-corrected chi connectivity index (χ4v) is 1.26. The summed E-state index contributed by atoms with van der Waals surface area (Å²) in [7, 11) is 0. The number of carbonyl (C=O) groups is 2. The smallest absolute Gasteiger partial charge is 0.306 e. The lowest BCUT2D eigenvalue weighted by atomic mass is 10.1. The molecule has 0 spiro atoms. The van der Waals surface area contributed by atoms with E-state index in [1.54, 1.807) is 0 Å². The summed E-state index contributed by atoms with van der Waals surface area (Å²) in [5.41, 5.74) is 0. The van der Waals surface area contributed by atoms with E-state index in [9.17, 15) is 9.59 Å². The average molecular weight is 258 g/mol. The minimum absolute atomic E-state index is 0.117. The first-order valence-corrected chi connectivity index (χ1v) is 6.91. The fraction of sp³-hybridized carbons (Fsp3) is 0.857. The Balaban J connectivity index is 3.49. The van der Waals surface area contributed by atoms with Gasteiger partial charge < -0.3 is 9.47 Å². The molecule has 0 aromatic carbocycles. The molecular formula is C14H26O4. The third kappa shape index (κ3) is 10.1. The molecule has 0 aliphatic carbocycles. The molecule has 0 saturated carbocycles. The van der Waals surface area contributed by atoms with Gasteiger partial charge in [-0.15, -0.1) is 0 Å². The van der Waals surface area contributed by atoms with E-state index in [4.69, 9.17) is 9.47 Å². The van der Waals surface area contributed by atoms with Gasteiger partial charge in [0.05, 0.1) is 26.1 Å². The standard InChI is InChI=1S/C14H26O4/c1-4-6-10-17-13(15)7-8-14(16)18-11-9-12(3)5-2/h12H,4-11H2,1-3H3. The molecule has 1 atom stereocenters. The molecule has 106 valence electrons. The van der Waals surface area contributed by atoms with Gasteiger partial charge in [0.2, 0.25) is 0 Å². The van der Waals surface area contributed by atoms with Crippen LogP contribution in [0.15, 0.2) is 0 Å². The number of esters is 2. The van der Waals surface area contributed by atoms with Crippen LogP contribution in [0.25, 0.3) is 0 Å². The summed E-state index contributed by atoms with van der Waals surface area (Å²) >= 11 is 0.